The molecule has 29 heavy (non-hydrogen) atoms. The summed E-state index contributed by atoms with van der Waals surface area (Å²) < 4.78 is 32.4. The van der Waals surface area contributed by atoms with Crippen LogP contribution in [0.25, 0.3) is 0 Å². The molecule has 2 aromatic carbocycles. The van der Waals surface area contributed by atoms with E-state index in [0.29, 0.717) is 22.2 Å². The largest absolute Gasteiger partial charge is 0.496 e. The Morgan fingerprint density at radius 1 is 1.10 bits per heavy atom. The highest BCUT2D eigenvalue weighted by Crippen LogP contribution is 2.24. The lowest BCUT2D eigenvalue weighted by molar-refractivity contribution is 0.102. The van der Waals surface area contributed by atoms with Crippen LogP contribution in [0.4, 0.5) is 11.6 Å². The molecule has 0 bridgehead atoms. The number of anilines is 2. The first-order valence-corrected chi connectivity index (χ1v) is 10.2. The van der Waals surface area contributed by atoms with Crippen molar-refractivity contribution in [3.05, 3.63) is 71.0 Å². The van der Waals surface area contributed by atoms with Crippen LogP contribution in [0.1, 0.15) is 16.1 Å². The smallest absolute Gasteiger partial charge is 0.264 e. The molecular formula is C19H17ClN4O4S. The van der Waals surface area contributed by atoms with Crippen LogP contribution in [0.2, 0.25) is 5.02 Å². The quantitative estimate of drug-likeness (QED) is 0.616. The highest BCUT2D eigenvalue weighted by atomic mass is 35.5. The number of aryl methyl sites for hydroxylation is 1. The maximum Gasteiger partial charge on any atom is 0.264 e. The third-order valence-corrected chi connectivity index (χ3v) is 5.43. The molecule has 0 saturated heterocycles. The van der Waals surface area contributed by atoms with E-state index < -0.39 is 15.9 Å². The fourth-order valence-corrected chi connectivity index (χ4v) is 3.57. The van der Waals surface area contributed by atoms with Gasteiger partial charge in [-0.2, -0.15) is 0 Å². The molecule has 0 radical (unpaired) electrons. The van der Waals surface area contributed by atoms with E-state index in [-0.39, 0.29) is 16.4 Å². The summed E-state index contributed by atoms with van der Waals surface area (Å²) in [6.07, 6.45) is 1.46. The Labute approximate surface area is 173 Å². The van der Waals surface area contributed by atoms with Gasteiger partial charge in [-0.05, 0) is 55.5 Å². The maximum atomic E-state index is 12.5. The van der Waals surface area contributed by atoms with E-state index in [1.54, 1.807) is 25.1 Å². The van der Waals surface area contributed by atoms with Crippen LogP contribution in [-0.4, -0.2) is 31.4 Å². The molecule has 2 N–H and O–H groups in total. The van der Waals surface area contributed by atoms with Crippen molar-refractivity contribution < 1.29 is 17.9 Å². The van der Waals surface area contributed by atoms with Gasteiger partial charge in [0.2, 0.25) is 5.95 Å². The van der Waals surface area contributed by atoms with Crippen molar-refractivity contribution in [3.63, 3.8) is 0 Å². The van der Waals surface area contributed by atoms with Gasteiger partial charge < -0.3 is 10.1 Å². The fraction of sp³-hybridized carbons (Fsp3) is 0.105. The van der Waals surface area contributed by atoms with Crippen LogP contribution in [0.3, 0.4) is 0 Å². The zero-order chi connectivity index (χ0) is 21.0. The van der Waals surface area contributed by atoms with Crippen LogP contribution >= 0.6 is 11.6 Å². The molecule has 3 rings (SSSR count). The minimum atomic E-state index is -3.87. The highest BCUT2D eigenvalue weighted by molar-refractivity contribution is 7.92. The van der Waals surface area contributed by atoms with Crippen LogP contribution < -0.4 is 14.8 Å². The number of aromatic nitrogens is 2. The number of carbonyl (C=O) groups is 1. The van der Waals surface area contributed by atoms with Gasteiger partial charge in [0, 0.05) is 22.6 Å². The second kappa shape index (κ2) is 8.46. The topological polar surface area (TPSA) is 110 Å². The fourth-order valence-electron chi connectivity index (χ4n) is 2.45. The van der Waals surface area contributed by atoms with Crippen molar-refractivity contribution in [2.45, 2.75) is 11.8 Å². The lowest BCUT2D eigenvalue weighted by Crippen LogP contribution is -2.16. The number of nitrogens with one attached hydrogen (secondary N) is 2. The number of ether oxygens (including phenoxy) is 1. The first kappa shape index (κ1) is 20.6. The number of sulfonamides is 1. The SMILES string of the molecule is COc1ccc(Cl)cc1C(=O)Nc1ccc(S(=O)(=O)Nc2nccc(C)n2)cc1. The minimum absolute atomic E-state index is 0.000871. The molecule has 0 unspecified atom stereocenters. The molecule has 1 heterocycles. The van der Waals surface area contributed by atoms with Gasteiger partial charge in [-0.15, -0.1) is 0 Å². The molecule has 0 fully saturated rings. The number of rotatable bonds is 6. The molecule has 3 aromatic rings. The average Bonchev–Trinajstić information content (AvgIpc) is 2.68. The van der Waals surface area contributed by atoms with Crippen molar-refractivity contribution >= 4 is 39.2 Å². The monoisotopic (exact) mass is 432 g/mol. The Balaban J connectivity index is 1.76. The first-order chi connectivity index (χ1) is 13.8. The van der Waals surface area contributed by atoms with E-state index in [4.69, 9.17) is 16.3 Å². The van der Waals surface area contributed by atoms with E-state index in [1.165, 1.54) is 43.6 Å². The molecule has 0 saturated carbocycles. The first-order valence-electron chi connectivity index (χ1n) is 8.36. The zero-order valence-electron chi connectivity index (χ0n) is 15.5. The highest BCUT2D eigenvalue weighted by Gasteiger charge is 2.17. The predicted octanol–water partition coefficient (Wildman–Crippen LogP) is 3.50. The van der Waals surface area contributed by atoms with Gasteiger partial charge in [0.15, 0.2) is 0 Å². The van der Waals surface area contributed by atoms with E-state index in [0.717, 1.165) is 0 Å². The maximum absolute atomic E-state index is 12.5. The Bertz CT molecular complexity index is 1150. The van der Waals surface area contributed by atoms with Gasteiger partial charge in [-0.25, -0.2) is 23.1 Å². The third kappa shape index (κ3) is 5.01. The molecule has 1 aromatic heterocycles. The van der Waals surface area contributed by atoms with Crippen LogP contribution in [0.5, 0.6) is 5.75 Å². The van der Waals surface area contributed by atoms with Gasteiger partial charge in [0.1, 0.15) is 5.75 Å². The predicted molar refractivity (Wildman–Crippen MR) is 110 cm³/mol. The number of halogens is 1. The second-order valence-electron chi connectivity index (χ2n) is 5.95. The Kier molecular flexibility index (Phi) is 6.00. The molecule has 150 valence electrons. The van der Waals surface area contributed by atoms with E-state index >= 15 is 0 Å². The number of carbonyl (C=O) groups excluding carboxylic acids is 1. The van der Waals surface area contributed by atoms with Crippen molar-refractivity contribution in [2.75, 3.05) is 17.1 Å². The normalized spacial score (nSPS) is 11.0. The van der Waals surface area contributed by atoms with E-state index in [9.17, 15) is 13.2 Å². The lowest BCUT2D eigenvalue weighted by atomic mass is 10.2. The number of methoxy groups -OCH3 is 1. The third-order valence-electron chi connectivity index (χ3n) is 3.85. The molecule has 8 nitrogen and oxygen atoms in total. The zero-order valence-corrected chi connectivity index (χ0v) is 17.1. The summed E-state index contributed by atoms with van der Waals surface area (Å²) >= 11 is 5.95. The van der Waals surface area contributed by atoms with Crippen molar-refractivity contribution in [2.24, 2.45) is 0 Å². The van der Waals surface area contributed by atoms with Gasteiger partial charge in [-0.3, -0.25) is 4.79 Å². The van der Waals surface area contributed by atoms with Gasteiger partial charge in [0.05, 0.1) is 17.6 Å². The van der Waals surface area contributed by atoms with Gasteiger partial charge in [0.25, 0.3) is 15.9 Å². The Morgan fingerprint density at radius 3 is 2.48 bits per heavy atom. The van der Waals surface area contributed by atoms with Crippen LogP contribution in [-0.2, 0) is 10.0 Å². The number of nitrogens with zero attached hydrogens (tertiary/aromatic N) is 2. The molecule has 10 heteroatoms. The summed E-state index contributed by atoms with van der Waals surface area (Å²) in [4.78, 5) is 20.4. The van der Waals surface area contributed by atoms with Crippen molar-refractivity contribution in [1.29, 1.82) is 0 Å². The summed E-state index contributed by atoms with van der Waals surface area (Å²) in [7, 11) is -2.42. The number of benzene rings is 2. The van der Waals surface area contributed by atoms with Gasteiger partial charge in [-0.1, -0.05) is 11.6 Å². The van der Waals surface area contributed by atoms with Crippen molar-refractivity contribution in [3.8, 4) is 5.75 Å². The van der Waals surface area contributed by atoms with Crippen LogP contribution in [0.15, 0.2) is 59.6 Å². The summed E-state index contributed by atoms with van der Waals surface area (Å²) in [5, 5.41) is 3.07. The molecule has 0 atom stereocenters. The molecule has 0 spiro atoms. The minimum Gasteiger partial charge on any atom is -0.496 e. The number of amides is 1. The molecular weight excluding hydrogens is 416 g/mol. The average molecular weight is 433 g/mol. The summed E-state index contributed by atoms with van der Waals surface area (Å²) in [5.41, 5.74) is 1.30. The summed E-state index contributed by atoms with van der Waals surface area (Å²) in [6, 6.07) is 12.0. The Morgan fingerprint density at radius 2 is 1.83 bits per heavy atom. The standard InChI is InChI=1S/C19H17ClN4O4S/c1-12-9-10-21-19(22-12)24-29(26,27)15-6-4-14(5-7-15)23-18(25)16-11-13(20)3-8-17(16)28-2/h3-11H,1-2H3,(H,23,25)(H,21,22,24). The molecule has 0 aliphatic carbocycles. The summed E-state index contributed by atoms with van der Waals surface area (Å²) in [6.45, 7) is 1.73. The Hall–Kier alpha value is -3.17. The van der Waals surface area contributed by atoms with E-state index in [2.05, 4.69) is 20.0 Å². The summed E-state index contributed by atoms with van der Waals surface area (Å²) in [5.74, 6) is -0.0878. The molecule has 0 aliphatic heterocycles. The van der Waals surface area contributed by atoms with Crippen LogP contribution in [0, 0.1) is 6.92 Å². The van der Waals surface area contributed by atoms with Crippen molar-refractivity contribution in [1.82, 2.24) is 9.97 Å². The second-order valence-corrected chi connectivity index (χ2v) is 8.07. The number of hydrogen-bond donors (Lipinski definition) is 2. The lowest BCUT2D eigenvalue weighted by Gasteiger charge is -2.11. The van der Waals surface area contributed by atoms with Gasteiger partial charge >= 0.3 is 0 Å². The van der Waals surface area contributed by atoms with E-state index in [1.807, 2.05) is 0 Å². The molecule has 0 aliphatic rings. The number of hydrogen-bond acceptors (Lipinski definition) is 6. The molecule has 1 amide bonds.